The first-order valence-electron chi connectivity index (χ1n) is 10.2. The first kappa shape index (κ1) is 20.0. The minimum absolute atomic E-state index is 0.183. The number of hydrogen-bond donors (Lipinski definition) is 2. The summed E-state index contributed by atoms with van der Waals surface area (Å²) in [6.07, 6.45) is 5.30. The van der Waals surface area contributed by atoms with Crippen molar-refractivity contribution in [2.24, 2.45) is 5.92 Å². The summed E-state index contributed by atoms with van der Waals surface area (Å²) < 4.78 is 11.3. The molecule has 1 aromatic carbocycles. The molecule has 1 aliphatic heterocycles. The van der Waals surface area contributed by atoms with Crippen LogP contribution in [0.4, 0.5) is 16.2 Å². The van der Waals surface area contributed by atoms with Crippen molar-refractivity contribution in [2.75, 3.05) is 49.7 Å². The maximum atomic E-state index is 12.2. The van der Waals surface area contributed by atoms with Crippen LogP contribution in [-0.2, 0) is 9.47 Å². The van der Waals surface area contributed by atoms with Crippen LogP contribution in [0.2, 0.25) is 0 Å². The second-order valence-corrected chi connectivity index (χ2v) is 7.65. The number of aryl methyl sites for hydroxylation is 1. The Bertz CT molecular complexity index is 617. The van der Waals surface area contributed by atoms with Gasteiger partial charge in [-0.25, -0.2) is 4.79 Å². The number of nitrogens with one attached hydrogen (secondary N) is 2. The highest BCUT2D eigenvalue weighted by molar-refractivity contribution is 5.90. The summed E-state index contributed by atoms with van der Waals surface area (Å²) in [5, 5.41) is 5.83. The van der Waals surface area contributed by atoms with E-state index in [1.165, 1.54) is 24.9 Å². The molecule has 2 unspecified atom stereocenters. The van der Waals surface area contributed by atoms with E-state index in [0.717, 1.165) is 44.0 Å². The van der Waals surface area contributed by atoms with Gasteiger partial charge in [-0.2, -0.15) is 0 Å². The van der Waals surface area contributed by atoms with E-state index in [1.54, 1.807) is 0 Å². The Kier molecular flexibility index (Phi) is 7.35. The largest absolute Gasteiger partial charge is 0.378 e. The van der Waals surface area contributed by atoms with Crippen LogP contribution in [-0.4, -0.2) is 51.6 Å². The van der Waals surface area contributed by atoms with Gasteiger partial charge in [0.25, 0.3) is 0 Å². The first-order chi connectivity index (χ1) is 13.1. The molecule has 27 heavy (non-hydrogen) atoms. The molecule has 1 aromatic rings. The Hall–Kier alpha value is -1.79. The molecule has 0 radical (unpaired) electrons. The second kappa shape index (κ2) is 9.95. The number of hydrogen-bond acceptors (Lipinski definition) is 4. The number of ether oxygens (including phenoxy) is 2. The van der Waals surface area contributed by atoms with Crippen molar-refractivity contribution in [3.63, 3.8) is 0 Å². The summed E-state index contributed by atoms with van der Waals surface area (Å²) >= 11 is 0. The lowest BCUT2D eigenvalue weighted by Gasteiger charge is -2.29. The maximum Gasteiger partial charge on any atom is 0.319 e. The van der Waals surface area contributed by atoms with Crippen molar-refractivity contribution in [1.29, 1.82) is 0 Å². The van der Waals surface area contributed by atoms with Crippen molar-refractivity contribution >= 4 is 17.4 Å². The first-order valence-corrected chi connectivity index (χ1v) is 10.2. The second-order valence-electron chi connectivity index (χ2n) is 7.65. The van der Waals surface area contributed by atoms with Crippen LogP contribution in [0.3, 0.4) is 0 Å². The van der Waals surface area contributed by atoms with E-state index >= 15 is 0 Å². The van der Waals surface area contributed by atoms with E-state index in [0.29, 0.717) is 25.2 Å². The molecule has 1 aliphatic carbocycles. The van der Waals surface area contributed by atoms with Gasteiger partial charge in [0, 0.05) is 31.0 Å². The molecule has 150 valence electrons. The predicted molar refractivity (Wildman–Crippen MR) is 109 cm³/mol. The number of carbonyl (C=O) groups excluding carboxylic acids is 1. The van der Waals surface area contributed by atoms with Crippen LogP contribution >= 0.6 is 0 Å². The van der Waals surface area contributed by atoms with Gasteiger partial charge in [0.1, 0.15) is 0 Å². The Morgan fingerprint density at radius 3 is 2.78 bits per heavy atom. The van der Waals surface area contributed by atoms with Gasteiger partial charge in [0.2, 0.25) is 0 Å². The predicted octanol–water partition coefficient (Wildman–Crippen LogP) is 3.55. The van der Waals surface area contributed by atoms with Crippen molar-refractivity contribution in [2.45, 2.75) is 45.6 Å². The van der Waals surface area contributed by atoms with Crippen LogP contribution < -0.4 is 15.5 Å². The molecule has 0 aromatic heterocycles. The Morgan fingerprint density at radius 2 is 2.04 bits per heavy atom. The highest BCUT2D eigenvalue weighted by atomic mass is 16.5. The molecule has 0 spiro atoms. The highest BCUT2D eigenvalue weighted by Crippen LogP contribution is 2.26. The monoisotopic (exact) mass is 375 g/mol. The Morgan fingerprint density at radius 1 is 1.26 bits per heavy atom. The van der Waals surface area contributed by atoms with Crippen LogP contribution in [0, 0.1) is 12.8 Å². The molecular formula is C21H33N3O3. The minimum Gasteiger partial charge on any atom is -0.378 e. The molecule has 1 heterocycles. The number of morpholine rings is 1. The lowest BCUT2D eigenvalue weighted by atomic mass is 9.88. The minimum atomic E-state index is -0.183. The SMILES string of the molecule is Cc1cc(N2CCOCC2)ccc1NC(=O)NCCOC1CCCCC1C. The van der Waals surface area contributed by atoms with E-state index in [-0.39, 0.29) is 6.03 Å². The van der Waals surface area contributed by atoms with E-state index in [9.17, 15) is 4.79 Å². The van der Waals surface area contributed by atoms with Gasteiger partial charge in [-0.15, -0.1) is 0 Å². The lowest BCUT2D eigenvalue weighted by molar-refractivity contribution is -0.00232. The lowest BCUT2D eigenvalue weighted by Crippen LogP contribution is -2.36. The standard InChI is InChI=1S/C21H33N3O3/c1-16-5-3-4-6-20(16)27-12-9-22-21(25)23-19-8-7-18(15-17(19)2)24-10-13-26-14-11-24/h7-8,15-16,20H,3-6,9-14H2,1-2H3,(H2,22,23,25). The van der Waals surface area contributed by atoms with Gasteiger partial charge in [-0.1, -0.05) is 19.8 Å². The van der Waals surface area contributed by atoms with E-state index in [4.69, 9.17) is 9.47 Å². The summed E-state index contributed by atoms with van der Waals surface area (Å²) in [6.45, 7) is 8.72. The molecule has 2 amide bonds. The number of nitrogens with zero attached hydrogens (tertiary/aromatic N) is 1. The fourth-order valence-electron chi connectivity index (χ4n) is 3.88. The van der Waals surface area contributed by atoms with Crippen molar-refractivity contribution in [1.82, 2.24) is 5.32 Å². The molecule has 0 bridgehead atoms. The third kappa shape index (κ3) is 5.84. The van der Waals surface area contributed by atoms with Crippen LogP contribution in [0.15, 0.2) is 18.2 Å². The number of anilines is 2. The third-order valence-corrected chi connectivity index (χ3v) is 5.59. The summed E-state index contributed by atoms with van der Waals surface area (Å²) in [4.78, 5) is 14.5. The summed E-state index contributed by atoms with van der Waals surface area (Å²) in [7, 11) is 0. The van der Waals surface area contributed by atoms with E-state index < -0.39 is 0 Å². The van der Waals surface area contributed by atoms with Crippen molar-refractivity contribution in [3.05, 3.63) is 23.8 Å². The van der Waals surface area contributed by atoms with Gasteiger partial charge in [0.05, 0.1) is 25.9 Å². The normalized spacial score (nSPS) is 23.1. The third-order valence-electron chi connectivity index (χ3n) is 5.59. The highest BCUT2D eigenvalue weighted by Gasteiger charge is 2.21. The zero-order valence-corrected chi connectivity index (χ0v) is 16.6. The molecule has 2 aliphatic rings. The zero-order valence-electron chi connectivity index (χ0n) is 16.6. The molecule has 2 atom stereocenters. The quantitative estimate of drug-likeness (QED) is 0.747. The number of benzene rings is 1. The van der Waals surface area contributed by atoms with Gasteiger partial charge in [-0.3, -0.25) is 0 Å². The van der Waals surface area contributed by atoms with Crippen molar-refractivity contribution < 1.29 is 14.3 Å². The van der Waals surface area contributed by atoms with Crippen LogP contribution in [0.5, 0.6) is 0 Å². The van der Waals surface area contributed by atoms with Crippen LogP contribution in [0.1, 0.15) is 38.2 Å². The van der Waals surface area contributed by atoms with Gasteiger partial charge >= 0.3 is 6.03 Å². The molecule has 2 fully saturated rings. The topological polar surface area (TPSA) is 62.8 Å². The van der Waals surface area contributed by atoms with E-state index in [2.05, 4.69) is 34.6 Å². The molecular weight excluding hydrogens is 342 g/mol. The van der Waals surface area contributed by atoms with Gasteiger partial charge in [0.15, 0.2) is 0 Å². The number of carbonyl (C=O) groups is 1. The average Bonchev–Trinajstić information content (AvgIpc) is 2.69. The fourth-order valence-corrected chi connectivity index (χ4v) is 3.88. The fraction of sp³-hybridized carbons (Fsp3) is 0.667. The molecule has 2 N–H and O–H groups in total. The molecule has 6 nitrogen and oxygen atoms in total. The zero-order chi connectivity index (χ0) is 19.1. The van der Waals surface area contributed by atoms with E-state index in [1.807, 2.05) is 13.0 Å². The Labute approximate surface area is 162 Å². The van der Waals surface area contributed by atoms with Crippen LogP contribution in [0.25, 0.3) is 0 Å². The van der Waals surface area contributed by atoms with Crippen molar-refractivity contribution in [3.8, 4) is 0 Å². The number of amides is 2. The summed E-state index contributed by atoms with van der Waals surface area (Å²) in [6, 6.07) is 5.97. The van der Waals surface area contributed by atoms with Gasteiger partial charge < -0.3 is 25.0 Å². The summed E-state index contributed by atoms with van der Waals surface area (Å²) in [5.41, 5.74) is 3.07. The number of rotatable bonds is 6. The molecule has 1 saturated carbocycles. The Balaban J connectivity index is 1.40. The smallest absolute Gasteiger partial charge is 0.319 e. The maximum absolute atomic E-state index is 12.2. The summed E-state index contributed by atoms with van der Waals surface area (Å²) in [5.74, 6) is 0.625. The molecule has 1 saturated heterocycles. The molecule has 6 heteroatoms. The number of urea groups is 1. The molecule has 3 rings (SSSR count). The van der Waals surface area contributed by atoms with Gasteiger partial charge in [-0.05, 0) is 49.4 Å². The average molecular weight is 376 g/mol.